The topological polar surface area (TPSA) is 63.6 Å². The zero-order chi connectivity index (χ0) is 9.73. The van der Waals surface area contributed by atoms with Crippen LogP contribution >= 0.6 is 0 Å². The molecule has 1 aromatic carbocycles. The van der Waals surface area contributed by atoms with Crippen molar-refractivity contribution >= 4 is 10.1 Å². The predicted octanol–water partition coefficient (Wildman–Crippen LogP) is 1.42. The summed E-state index contributed by atoms with van der Waals surface area (Å²) in [5, 5.41) is 8.81. The molecular formula is C8H8O4S. The summed E-state index contributed by atoms with van der Waals surface area (Å²) < 4.78 is 26.4. The van der Waals surface area contributed by atoms with Crippen LogP contribution < -0.4 is 4.18 Å². The molecule has 1 rings (SSSR count). The van der Waals surface area contributed by atoms with Gasteiger partial charge in [0.1, 0.15) is 11.2 Å². The van der Waals surface area contributed by atoms with Crippen molar-refractivity contribution in [1.29, 1.82) is 0 Å². The standard InChI is InChI=1S/C8H8O4S/c9-6-7-13(10,11)12-8-4-2-1-3-5-8/h1-7,9H. The zero-order valence-corrected chi connectivity index (χ0v) is 7.44. The average Bonchev–Trinajstić information content (AvgIpc) is 2.04. The van der Waals surface area contributed by atoms with E-state index in [0.29, 0.717) is 11.7 Å². The van der Waals surface area contributed by atoms with Crippen LogP contribution in [-0.4, -0.2) is 13.5 Å². The molecule has 0 heterocycles. The highest BCUT2D eigenvalue weighted by Gasteiger charge is 2.06. The first kappa shape index (κ1) is 9.60. The summed E-state index contributed by atoms with van der Waals surface area (Å²) in [5.41, 5.74) is 0. The van der Waals surface area contributed by atoms with Gasteiger partial charge in [-0.25, -0.2) is 0 Å². The molecule has 70 valence electrons. The van der Waals surface area contributed by atoms with Crippen molar-refractivity contribution in [2.75, 3.05) is 0 Å². The Morgan fingerprint density at radius 2 is 1.85 bits per heavy atom. The van der Waals surface area contributed by atoms with Gasteiger partial charge in [0.25, 0.3) is 0 Å². The molecule has 1 aromatic rings. The van der Waals surface area contributed by atoms with Gasteiger partial charge in [0, 0.05) is 0 Å². The minimum absolute atomic E-state index is 0.209. The van der Waals surface area contributed by atoms with E-state index in [1.165, 1.54) is 12.1 Å². The minimum atomic E-state index is -3.82. The van der Waals surface area contributed by atoms with E-state index in [2.05, 4.69) is 4.18 Å². The zero-order valence-electron chi connectivity index (χ0n) is 6.62. The molecule has 1 N–H and O–H groups in total. The Balaban J connectivity index is 2.82. The van der Waals surface area contributed by atoms with Gasteiger partial charge in [0.15, 0.2) is 0 Å². The molecule has 0 bridgehead atoms. The number of para-hydroxylation sites is 1. The SMILES string of the molecule is O=S(=O)(C=CO)Oc1ccccc1. The lowest BCUT2D eigenvalue weighted by Crippen LogP contribution is -2.04. The molecule has 0 radical (unpaired) electrons. The lowest BCUT2D eigenvalue weighted by molar-refractivity contribution is 0.468. The van der Waals surface area contributed by atoms with Gasteiger partial charge in [-0.2, -0.15) is 8.42 Å². The van der Waals surface area contributed by atoms with E-state index < -0.39 is 10.1 Å². The van der Waals surface area contributed by atoms with Crippen molar-refractivity contribution in [3.63, 3.8) is 0 Å². The summed E-state index contributed by atoms with van der Waals surface area (Å²) in [6.45, 7) is 0. The molecule has 0 spiro atoms. The smallest absolute Gasteiger partial charge is 0.335 e. The Morgan fingerprint density at radius 3 is 2.38 bits per heavy atom. The third kappa shape index (κ3) is 3.16. The Kier molecular flexibility index (Phi) is 2.92. The van der Waals surface area contributed by atoms with Crippen LogP contribution in [0, 0.1) is 0 Å². The summed E-state index contributed by atoms with van der Waals surface area (Å²) in [5.74, 6) is 0.209. The first-order valence-corrected chi connectivity index (χ1v) is 4.91. The van der Waals surface area contributed by atoms with E-state index in [1.807, 2.05) is 0 Å². The van der Waals surface area contributed by atoms with Gasteiger partial charge in [0.2, 0.25) is 0 Å². The number of hydrogen-bond acceptors (Lipinski definition) is 4. The number of rotatable bonds is 3. The average molecular weight is 200 g/mol. The highest BCUT2D eigenvalue weighted by molar-refractivity contribution is 7.90. The first-order chi connectivity index (χ1) is 6.14. The van der Waals surface area contributed by atoms with Crippen molar-refractivity contribution in [3.8, 4) is 5.75 Å². The predicted molar refractivity (Wildman–Crippen MR) is 47.8 cm³/mol. The summed E-state index contributed by atoms with van der Waals surface area (Å²) in [7, 11) is -3.82. The van der Waals surface area contributed by atoms with Gasteiger partial charge in [0.05, 0.1) is 6.26 Å². The summed E-state index contributed by atoms with van der Waals surface area (Å²) >= 11 is 0. The first-order valence-electron chi connectivity index (χ1n) is 3.44. The van der Waals surface area contributed by atoms with E-state index in [-0.39, 0.29) is 5.75 Å². The number of aliphatic hydroxyl groups is 1. The monoisotopic (exact) mass is 200 g/mol. The second-order valence-electron chi connectivity index (χ2n) is 2.17. The molecule has 0 saturated carbocycles. The lowest BCUT2D eigenvalue weighted by Gasteiger charge is -2.00. The third-order valence-electron chi connectivity index (χ3n) is 1.18. The van der Waals surface area contributed by atoms with Crippen LogP contribution in [0.25, 0.3) is 0 Å². The largest absolute Gasteiger partial charge is 0.515 e. The van der Waals surface area contributed by atoms with E-state index in [1.54, 1.807) is 18.2 Å². The van der Waals surface area contributed by atoms with Gasteiger partial charge >= 0.3 is 10.1 Å². The second-order valence-corrected chi connectivity index (χ2v) is 3.60. The van der Waals surface area contributed by atoms with Crippen LogP contribution in [-0.2, 0) is 10.1 Å². The number of benzene rings is 1. The van der Waals surface area contributed by atoms with Crippen LogP contribution in [0.4, 0.5) is 0 Å². The summed E-state index contributed by atoms with van der Waals surface area (Å²) in [4.78, 5) is 0. The summed E-state index contributed by atoms with van der Waals surface area (Å²) in [6.07, 6.45) is 0.415. The molecule has 0 unspecified atom stereocenters. The lowest BCUT2D eigenvalue weighted by atomic mass is 10.3. The molecule has 0 amide bonds. The Hall–Kier alpha value is -1.49. The molecule has 0 aromatic heterocycles. The van der Waals surface area contributed by atoms with E-state index in [4.69, 9.17) is 5.11 Å². The maximum atomic E-state index is 10.9. The molecular weight excluding hydrogens is 192 g/mol. The van der Waals surface area contributed by atoms with Crippen molar-refractivity contribution in [2.45, 2.75) is 0 Å². The second kappa shape index (κ2) is 3.95. The van der Waals surface area contributed by atoms with Crippen molar-refractivity contribution < 1.29 is 17.7 Å². The van der Waals surface area contributed by atoms with Crippen LogP contribution in [0.5, 0.6) is 5.75 Å². The van der Waals surface area contributed by atoms with Gasteiger partial charge in [-0.15, -0.1) is 0 Å². The van der Waals surface area contributed by atoms with E-state index in [9.17, 15) is 8.42 Å². The van der Waals surface area contributed by atoms with Crippen LogP contribution in [0.15, 0.2) is 42.0 Å². The molecule has 0 fully saturated rings. The van der Waals surface area contributed by atoms with E-state index >= 15 is 0 Å². The fourth-order valence-electron chi connectivity index (χ4n) is 0.712. The van der Waals surface area contributed by atoms with Crippen LogP contribution in [0.2, 0.25) is 0 Å². The molecule has 0 atom stereocenters. The van der Waals surface area contributed by atoms with Crippen molar-refractivity contribution in [1.82, 2.24) is 0 Å². The fourth-order valence-corrected chi connectivity index (χ4v) is 1.30. The normalized spacial score (nSPS) is 11.7. The van der Waals surface area contributed by atoms with Gasteiger partial charge in [-0.3, -0.25) is 0 Å². The van der Waals surface area contributed by atoms with Crippen LogP contribution in [0.1, 0.15) is 0 Å². The third-order valence-corrected chi connectivity index (χ3v) is 2.06. The molecule has 4 nitrogen and oxygen atoms in total. The quantitative estimate of drug-likeness (QED) is 0.592. The number of hydrogen-bond donors (Lipinski definition) is 1. The molecule has 0 saturated heterocycles. The maximum Gasteiger partial charge on any atom is 0.335 e. The molecule has 5 heteroatoms. The van der Waals surface area contributed by atoms with Gasteiger partial charge < -0.3 is 9.29 Å². The van der Waals surface area contributed by atoms with Gasteiger partial charge in [-0.05, 0) is 12.1 Å². The van der Waals surface area contributed by atoms with Crippen LogP contribution in [0.3, 0.4) is 0 Å². The van der Waals surface area contributed by atoms with Crippen molar-refractivity contribution in [3.05, 3.63) is 42.0 Å². The highest BCUT2D eigenvalue weighted by Crippen LogP contribution is 2.11. The molecule has 0 aliphatic rings. The number of aliphatic hydroxyl groups excluding tert-OH is 1. The Bertz CT molecular complexity index is 380. The molecule has 0 aliphatic heterocycles. The Morgan fingerprint density at radius 1 is 1.23 bits per heavy atom. The van der Waals surface area contributed by atoms with Crippen molar-refractivity contribution in [2.24, 2.45) is 0 Å². The van der Waals surface area contributed by atoms with Gasteiger partial charge in [-0.1, -0.05) is 18.2 Å². The summed E-state index contributed by atoms with van der Waals surface area (Å²) in [6, 6.07) is 8.04. The van der Waals surface area contributed by atoms with E-state index in [0.717, 1.165) is 0 Å². The maximum absolute atomic E-state index is 10.9. The Labute approximate surface area is 76.2 Å². The highest BCUT2D eigenvalue weighted by atomic mass is 32.2. The minimum Gasteiger partial charge on any atom is -0.515 e. The fraction of sp³-hybridized carbons (Fsp3) is 0. The molecule has 13 heavy (non-hydrogen) atoms. The molecule has 0 aliphatic carbocycles.